The number of amides is 2. The summed E-state index contributed by atoms with van der Waals surface area (Å²) < 4.78 is 35.6. The van der Waals surface area contributed by atoms with Gasteiger partial charge in [0.1, 0.15) is 11.5 Å². The molecule has 2 aromatic carbocycles. The van der Waals surface area contributed by atoms with Crippen LogP contribution in [0.2, 0.25) is 0 Å². The molecule has 0 heterocycles. The molecule has 2 amide bonds. The summed E-state index contributed by atoms with van der Waals surface area (Å²) in [6.07, 6.45) is 1.02. The molecule has 10 heteroatoms. The first-order valence-electron chi connectivity index (χ1n) is 8.69. The lowest BCUT2D eigenvalue weighted by molar-refractivity contribution is -0.115. The van der Waals surface area contributed by atoms with Crippen LogP contribution in [0.4, 0.5) is 11.4 Å². The Labute approximate surface area is 169 Å². The van der Waals surface area contributed by atoms with Crippen LogP contribution in [0, 0.1) is 0 Å². The summed E-state index contributed by atoms with van der Waals surface area (Å²) in [6.45, 7) is 1.97. The van der Waals surface area contributed by atoms with Crippen LogP contribution in [0.1, 0.15) is 17.3 Å². The topological polar surface area (TPSA) is 123 Å². The Morgan fingerprint density at radius 2 is 1.79 bits per heavy atom. The lowest BCUT2D eigenvalue weighted by Gasteiger charge is -2.13. The number of ether oxygens (including phenoxy) is 2. The Morgan fingerprint density at radius 1 is 1.07 bits per heavy atom. The van der Waals surface area contributed by atoms with E-state index in [4.69, 9.17) is 9.47 Å². The van der Waals surface area contributed by atoms with Crippen molar-refractivity contribution in [2.24, 2.45) is 0 Å². The van der Waals surface area contributed by atoms with Gasteiger partial charge in [-0.3, -0.25) is 14.3 Å². The highest BCUT2D eigenvalue weighted by atomic mass is 32.2. The van der Waals surface area contributed by atoms with Gasteiger partial charge in [-0.05, 0) is 31.2 Å². The Bertz CT molecular complexity index is 991. The summed E-state index contributed by atoms with van der Waals surface area (Å²) in [5, 5.41) is 5.15. The maximum atomic E-state index is 12.3. The molecule has 0 bridgehead atoms. The highest BCUT2D eigenvalue weighted by Crippen LogP contribution is 2.28. The molecule has 0 saturated carbocycles. The molecule has 156 valence electrons. The van der Waals surface area contributed by atoms with Gasteiger partial charge in [0.2, 0.25) is 15.9 Å². The number of hydrogen-bond acceptors (Lipinski definition) is 6. The third-order valence-electron chi connectivity index (χ3n) is 3.62. The molecule has 0 aliphatic rings. The number of benzene rings is 2. The number of carbonyl (C=O) groups is 2. The van der Waals surface area contributed by atoms with Crippen molar-refractivity contribution in [1.29, 1.82) is 0 Å². The molecule has 0 saturated heterocycles. The summed E-state index contributed by atoms with van der Waals surface area (Å²) in [7, 11) is -2.09. The van der Waals surface area contributed by atoms with Crippen molar-refractivity contribution in [3.05, 3.63) is 48.0 Å². The zero-order chi connectivity index (χ0) is 21.4. The number of carbonyl (C=O) groups excluding carboxylic acids is 2. The van der Waals surface area contributed by atoms with Gasteiger partial charge in [-0.15, -0.1) is 0 Å². The third-order valence-corrected chi connectivity index (χ3v) is 4.21. The number of methoxy groups -OCH3 is 1. The molecular weight excluding hydrogens is 398 g/mol. The normalized spacial score (nSPS) is 10.7. The lowest BCUT2D eigenvalue weighted by Crippen LogP contribution is -2.33. The Morgan fingerprint density at radius 3 is 2.45 bits per heavy atom. The van der Waals surface area contributed by atoms with Crippen molar-refractivity contribution >= 4 is 33.2 Å². The maximum absolute atomic E-state index is 12.3. The fraction of sp³-hybridized carbons (Fsp3) is 0.263. The van der Waals surface area contributed by atoms with E-state index in [0.29, 0.717) is 23.6 Å². The summed E-state index contributed by atoms with van der Waals surface area (Å²) in [6, 6.07) is 11.2. The smallest absolute Gasteiger partial charge is 0.255 e. The third kappa shape index (κ3) is 6.68. The standard InChI is InChI=1S/C19H23N3O6S/c1-4-28-16-8-6-5-7-14(16)19(24)20-12-18(23)21-13-9-10-15(17(11-13)27-2)22-29(3,25)26/h5-11,22H,4,12H2,1-3H3,(H,20,24)(H,21,23). The average molecular weight is 421 g/mol. The second-order valence-corrected chi connectivity index (χ2v) is 7.70. The van der Waals surface area contributed by atoms with Crippen molar-refractivity contribution in [2.45, 2.75) is 6.92 Å². The first kappa shape index (κ1) is 22.0. The summed E-state index contributed by atoms with van der Waals surface area (Å²) in [5.41, 5.74) is 0.962. The predicted molar refractivity (Wildman–Crippen MR) is 110 cm³/mol. The molecule has 0 spiro atoms. The molecule has 3 N–H and O–H groups in total. The monoisotopic (exact) mass is 421 g/mol. The van der Waals surface area contributed by atoms with Crippen LogP contribution in [0.25, 0.3) is 0 Å². The minimum Gasteiger partial charge on any atom is -0.494 e. The van der Waals surface area contributed by atoms with Crippen LogP contribution in [0.5, 0.6) is 11.5 Å². The highest BCUT2D eigenvalue weighted by Gasteiger charge is 2.14. The maximum Gasteiger partial charge on any atom is 0.255 e. The van der Waals surface area contributed by atoms with Crippen molar-refractivity contribution in [3.63, 3.8) is 0 Å². The molecule has 0 aliphatic heterocycles. The number of nitrogens with one attached hydrogen (secondary N) is 3. The number of anilines is 2. The largest absolute Gasteiger partial charge is 0.494 e. The van der Waals surface area contributed by atoms with E-state index in [1.54, 1.807) is 24.3 Å². The van der Waals surface area contributed by atoms with Gasteiger partial charge >= 0.3 is 0 Å². The van der Waals surface area contributed by atoms with Crippen LogP contribution in [-0.2, 0) is 14.8 Å². The fourth-order valence-corrected chi connectivity index (χ4v) is 3.02. The second kappa shape index (κ2) is 9.78. The van der Waals surface area contributed by atoms with Gasteiger partial charge in [-0.25, -0.2) is 8.42 Å². The predicted octanol–water partition coefficient (Wildman–Crippen LogP) is 1.83. The van der Waals surface area contributed by atoms with Crippen LogP contribution < -0.4 is 24.8 Å². The Balaban J connectivity index is 2.00. The van der Waals surface area contributed by atoms with Crippen LogP contribution in [-0.4, -0.2) is 46.7 Å². The van der Waals surface area contributed by atoms with Crippen molar-refractivity contribution in [2.75, 3.05) is 36.6 Å². The van der Waals surface area contributed by atoms with Gasteiger partial charge in [0, 0.05) is 11.8 Å². The van der Waals surface area contributed by atoms with E-state index in [1.165, 1.54) is 25.3 Å². The van der Waals surface area contributed by atoms with Crippen molar-refractivity contribution < 1.29 is 27.5 Å². The van der Waals surface area contributed by atoms with Gasteiger partial charge in [0.25, 0.3) is 5.91 Å². The average Bonchev–Trinajstić information content (AvgIpc) is 2.67. The van der Waals surface area contributed by atoms with E-state index in [9.17, 15) is 18.0 Å². The van der Waals surface area contributed by atoms with Crippen molar-refractivity contribution in [1.82, 2.24) is 5.32 Å². The number of hydrogen-bond donors (Lipinski definition) is 3. The molecule has 29 heavy (non-hydrogen) atoms. The number of para-hydroxylation sites is 1. The molecule has 2 rings (SSSR count). The van der Waals surface area contributed by atoms with Gasteiger partial charge in [-0.2, -0.15) is 0 Å². The highest BCUT2D eigenvalue weighted by molar-refractivity contribution is 7.92. The summed E-state index contributed by atoms with van der Waals surface area (Å²) >= 11 is 0. The minimum atomic E-state index is -3.47. The minimum absolute atomic E-state index is 0.239. The molecule has 0 aliphatic carbocycles. The Hall–Kier alpha value is -3.27. The van der Waals surface area contributed by atoms with E-state index in [-0.39, 0.29) is 18.0 Å². The van der Waals surface area contributed by atoms with Crippen LogP contribution >= 0.6 is 0 Å². The molecule has 0 unspecified atom stereocenters. The quantitative estimate of drug-likeness (QED) is 0.568. The number of sulfonamides is 1. The van der Waals surface area contributed by atoms with E-state index < -0.39 is 21.8 Å². The zero-order valence-corrected chi connectivity index (χ0v) is 17.1. The lowest BCUT2D eigenvalue weighted by atomic mass is 10.2. The molecule has 9 nitrogen and oxygen atoms in total. The van der Waals surface area contributed by atoms with Crippen LogP contribution in [0.3, 0.4) is 0 Å². The fourth-order valence-electron chi connectivity index (χ4n) is 2.45. The Kier molecular flexibility index (Phi) is 7.43. The molecule has 0 radical (unpaired) electrons. The summed E-state index contributed by atoms with van der Waals surface area (Å²) in [5.74, 6) is -0.220. The van der Waals surface area contributed by atoms with E-state index in [2.05, 4.69) is 15.4 Å². The SMILES string of the molecule is CCOc1ccccc1C(=O)NCC(=O)Nc1ccc(NS(C)(=O)=O)c(OC)c1. The molecule has 0 fully saturated rings. The van der Waals surface area contributed by atoms with E-state index in [0.717, 1.165) is 6.26 Å². The first-order chi connectivity index (χ1) is 13.7. The van der Waals surface area contributed by atoms with Gasteiger partial charge in [0.15, 0.2) is 0 Å². The van der Waals surface area contributed by atoms with Crippen molar-refractivity contribution in [3.8, 4) is 11.5 Å². The molecule has 2 aromatic rings. The van der Waals surface area contributed by atoms with Gasteiger partial charge in [0.05, 0.1) is 37.8 Å². The zero-order valence-electron chi connectivity index (χ0n) is 16.3. The van der Waals surface area contributed by atoms with Gasteiger partial charge in [-0.1, -0.05) is 12.1 Å². The summed E-state index contributed by atoms with van der Waals surface area (Å²) in [4.78, 5) is 24.5. The first-order valence-corrected chi connectivity index (χ1v) is 10.6. The van der Waals surface area contributed by atoms with Crippen LogP contribution in [0.15, 0.2) is 42.5 Å². The van der Waals surface area contributed by atoms with Gasteiger partial charge < -0.3 is 20.1 Å². The molecule has 0 atom stereocenters. The van der Waals surface area contributed by atoms with E-state index >= 15 is 0 Å². The number of rotatable bonds is 9. The molecule has 0 aromatic heterocycles. The second-order valence-electron chi connectivity index (χ2n) is 5.95. The van der Waals surface area contributed by atoms with E-state index in [1.807, 2.05) is 6.92 Å². The molecular formula is C19H23N3O6S.